The van der Waals surface area contributed by atoms with E-state index in [2.05, 4.69) is 40.4 Å². The third kappa shape index (κ3) is 2.61. The van der Waals surface area contributed by atoms with Gasteiger partial charge in [0.25, 0.3) is 0 Å². The third-order valence-electron chi connectivity index (χ3n) is 7.37. The van der Waals surface area contributed by atoms with Crippen LogP contribution in [0.15, 0.2) is 48.8 Å². The molecular weight excluding hydrogens is 344 g/mol. The van der Waals surface area contributed by atoms with E-state index in [1.165, 1.54) is 44.2 Å². The number of benzene rings is 1. The zero-order valence-corrected chi connectivity index (χ0v) is 16.4. The van der Waals surface area contributed by atoms with Gasteiger partial charge in [0.15, 0.2) is 5.82 Å². The second kappa shape index (κ2) is 6.00. The topological polar surface area (TPSA) is 43.6 Å². The van der Waals surface area contributed by atoms with Gasteiger partial charge in [-0.15, -0.1) is 0 Å². The summed E-state index contributed by atoms with van der Waals surface area (Å²) in [5, 5.41) is 4.54. The molecule has 28 heavy (non-hydrogen) atoms. The number of rotatable bonds is 3. The average Bonchev–Trinajstić information content (AvgIpc) is 3.14. The Labute approximate surface area is 166 Å². The molecule has 4 bridgehead atoms. The molecule has 0 spiro atoms. The summed E-state index contributed by atoms with van der Waals surface area (Å²) in [5.74, 6) is 3.64. The fourth-order valence-corrected chi connectivity index (χ4v) is 6.60. The van der Waals surface area contributed by atoms with Gasteiger partial charge >= 0.3 is 0 Å². The highest BCUT2D eigenvalue weighted by molar-refractivity contribution is 5.67. The van der Waals surface area contributed by atoms with Crippen LogP contribution in [0.1, 0.15) is 44.2 Å². The molecule has 4 fully saturated rings. The van der Waals surface area contributed by atoms with E-state index < -0.39 is 0 Å². The molecule has 0 atom stereocenters. The van der Waals surface area contributed by atoms with Crippen LogP contribution < -0.4 is 0 Å². The van der Waals surface area contributed by atoms with Crippen molar-refractivity contribution >= 4 is 0 Å². The van der Waals surface area contributed by atoms with Crippen LogP contribution in [0.5, 0.6) is 0 Å². The molecule has 0 saturated heterocycles. The summed E-state index contributed by atoms with van der Waals surface area (Å²) in [6.07, 6.45) is 12.3. The Bertz CT molecular complexity index is 999. The highest BCUT2D eigenvalue weighted by Gasteiger charge is 2.52. The highest BCUT2D eigenvalue weighted by atomic mass is 15.2. The van der Waals surface area contributed by atoms with Crippen LogP contribution in [-0.2, 0) is 12.5 Å². The van der Waals surface area contributed by atoms with E-state index in [9.17, 15) is 0 Å². The van der Waals surface area contributed by atoms with Crippen LogP contribution in [0.2, 0.25) is 0 Å². The predicted octanol–water partition coefficient (Wildman–Crippen LogP) is 5.01. The molecule has 0 N–H and O–H groups in total. The summed E-state index contributed by atoms with van der Waals surface area (Å²) in [5.41, 5.74) is 4.78. The number of hydrogen-bond acceptors (Lipinski definition) is 3. The van der Waals surface area contributed by atoms with Crippen molar-refractivity contribution in [1.82, 2.24) is 19.7 Å². The first-order valence-electron chi connectivity index (χ1n) is 10.6. The molecule has 0 aliphatic heterocycles. The molecule has 1 aromatic carbocycles. The molecule has 0 amide bonds. The molecule has 4 saturated carbocycles. The molecule has 4 heteroatoms. The van der Waals surface area contributed by atoms with E-state index in [0.29, 0.717) is 5.41 Å². The minimum Gasteiger partial charge on any atom is -0.275 e. The van der Waals surface area contributed by atoms with E-state index in [4.69, 9.17) is 4.98 Å². The van der Waals surface area contributed by atoms with Gasteiger partial charge in [0.1, 0.15) is 0 Å². The molecule has 2 heterocycles. The van der Waals surface area contributed by atoms with Crippen molar-refractivity contribution in [2.75, 3.05) is 0 Å². The monoisotopic (exact) mass is 370 g/mol. The maximum absolute atomic E-state index is 5.14. The quantitative estimate of drug-likeness (QED) is 0.651. The molecule has 7 rings (SSSR count). The molecule has 4 nitrogen and oxygen atoms in total. The summed E-state index contributed by atoms with van der Waals surface area (Å²) in [7, 11) is 1.95. The fourth-order valence-electron chi connectivity index (χ4n) is 6.60. The Balaban J connectivity index is 1.37. The smallest absolute Gasteiger partial charge is 0.159 e. The second-order valence-corrected chi connectivity index (χ2v) is 9.42. The zero-order chi connectivity index (χ0) is 18.7. The minimum absolute atomic E-state index is 0.311. The van der Waals surface area contributed by atoms with E-state index in [1.807, 2.05) is 30.2 Å². The van der Waals surface area contributed by atoms with Gasteiger partial charge in [-0.1, -0.05) is 18.2 Å². The average molecular weight is 371 g/mol. The zero-order valence-electron chi connectivity index (χ0n) is 16.4. The van der Waals surface area contributed by atoms with Crippen LogP contribution in [0.25, 0.3) is 22.6 Å². The van der Waals surface area contributed by atoms with Crippen LogP contribution in [0.4, 0.5) is 0 Å². The Morgan fingerprint density at radius 1 is 0.929 bits per heavy atom. The minimum atomic E-state index is 0.311. The largest absolute Gasteiger partial charge is 0.275 e. The normalized spacial score (nSPS) is 30.7. The lowest BCUT2D eigenvalue weighted by Gasteiger charge is -2.56. The Morgan fingerprint density at radius 3 is 2.32 bits per heavy atom. The molecule has 0 unspecified atom stereocenters. The van der Waals surface area contributed by atoms with Crippen molar-refractivity contribution < 1.29 is 0 Å². The van der Waals surface area contributed by atoms with Crippen molar-refractivity contribution in [3.05, 3.63) is 54.5 Å². The summed E-state index contributed by atoms with van der Waals surface area (Å²) < 4.78 is 1.84. The Morgan fingerprint density at radius 2 is 1.64 bits per heavy atom. The fraction of sp³-hybridized carbons (Fsp3) is 0.458. The summed E-state index contributed by atoms with van der Waals surface area (Å²) >= 11 is 0. The van der Waals surface area contributed by atoms with Crippen molar-refractivity contribution in [3.8, 4) is 22.6 Å². The first-order chi connectivity index (χ1) is 13.7. The first kappa shape index (κ1) is 16.5. The van der Waals surface area contributed by atoms with Gasteiger partial charge in [-0.25, -0.2) is 9.97 Å². The Hall–Kier alpha value is -2.49. The van der Waals surface area contributed by atoms with Gasteiger partial charge in [0.05, 0.1) is 11.4 Å². The van der Waals surface area contributed by atoms with E-state index >= 15 is 0 Å². The summed E-state index contributed by atoms with van der Waals surface area (Å²) in [6.45, 7) is 0. The van der Waals surface area contributed by atoms with Gasteiger partial charge in [0, 0.05) is 36.0 Å². The van der Waals surface area contributed by atoms with Crippen LogP contribution in [0.3, 0.4) is 0 Å². The molecular formula is C24H26N4. The van der Waals surface area contributed by atoms with Gasteiger partial charge in [-0.3, -0.25) is 4.68 Å². The van der Waals surface area contributed by atoms with Gasteiger partial charge < -0.3 is 0 Å². The lowest BCUT2D eigenvalue weighted by Crippen LogP contribution is -2.49. The lowest BCUT2D eigenvalue weighted by molar-refractivity contribution is -0.00720. The van der Waals surface area contributed by atoms with Crippen LogP contribution in [-0.4, -0.2) is 19.7 Å². The summed E-state index contributed by atoms with van der Waals surface area (Å²) in [4.78, 5) is 9.78. The second-order valence-electron chi connectivity index (χ2n) is 9.42. The molecule has 0 radical (unpaired) electrons. The molecule has 4 aliphatic rings. The van der Waals surface area contributed by atoms with E-state index in [-0.39, 0.29) is 0 Å². The maximum atomic E-state index is 5.14. The molecule has 142 valence electrons. The Kier molecular flexibility index (Phi) is 3.53. The standard InChI is InChI=1S/C24H26N4/c1-28-8-6-21(27-28)19-3-2-4-20(12-19)23-25-7-5-22(26-23)24-13-16-9-17(14-24)11-18(10-16)15-24/h2-8,12,16-18H,9-11,13-15H2,1H3. The third-order valence-corrected chi connectivity index (χ3v) is 7.37. The van der Waals surface area contributed by atoms with E-state index in [0.717, 1.165) is 40.4 Å². The highest BCUT2D eigenvalue weighted by Crippen LogP contribution is 2.60. The first-order valence-corrected chi connectivity index (χ1v) is 10.6. The van der Waals surface area contributed by atoms with Crippen molar-refractivity contribution in [2.24, 2.45) is 24.8 Å². The molecule has 3 aromatic rings. The van der Waals surface area contributed by atoms with Gasteiger partial charge in [-0.05, 0) is 74.5 Å². The number of nitrogens with zero attached hydrogens (tertiary/aromatic N) is 4. The van der Waals surface area contributed by atoms with Gasteiger partial charge in [-0.2, -0.15) is 5.10 Å². The van der Waals surface area contributed by atoms with E-state index in [1.54, 1.807) is 0 Å². The maximum Gasteiger partial charge on any atom is 0.159 e. The summed E-state index contributed by atoms with van der Waals surface area (Å²) in [6, 6.07) is 12.7. The SMILES string of the molecule is Cn1ccc(-c2cccc(-c3nccc(C45CC6CC(CC(C6)C4)C5)n3)c2)n1. The van der Waals surface area contributed by atoms with Crippen molar-refractivity contribution in [3.63, 3.8) is 0 Å². The van der Waals surface area contributed by atoms with Crippen LogP contribution in [0, 0.1) is 17.8 Å². The number of aryl methyl sites for hydroxylation is 1. The molecule has 2 aromatic heterocycles. The predicted molar refractivity (Wildman–Crippen MR) is 110 cm³/mol. The van der Waals surface area contributed by atoms with Crippen molar-refractivity contribution in [1.29, 1.82) is 0 Å². The van der Waals surface area contributed by atoms with Crippen LogP contribution >= 0.6 is 0 Å². The van der Waals surface area contributed by atoms with Gasteiger partial charge in [0.2, 0.25) is 0 Å². The molecule has 4 aliphatic carbocycles. The number of aromatic nitrogens is 4. The lowest BCUT2D eigenvalue weighted by atomic mass is 9.49. The number of hydrogen-bond donors (Lipinski definition) is 0. The van der Waals surface area contributed by atoms with Crippen molar-refractivity contribution in [2.45, 2.75) is 43.9 Å².